The van der Waals surface area contributed by atoms with Crippen LogP contribution in [-0.2, 0) is 11.2 Å². The number of carbonyl (C=O) groups excluding carboxylic acids is 1. The number of nitrogens with zero attached hydrogens (tertiary/aromatic N) is 2. The van der Waals surface area contributed by atoms with Gasteiger partial charge < -0.3 is 9.88 Å². The number of rotatable bonds is 7. The minimum Gasteiger partial charge on any atom is -0.354 e. The Balaban J connectivity index is 1.62. The Kier molecular flexibility index (Phi) is 5.35. The van der Waals surface area contributed by atoms with Crippen LogP contribution in [0.15, 0.2) is 49.1 Å². The molecule has 0 aliphatic carbocycles. The van der Waals surface area contributed by atoms with Gasteiger partial charge in [-0.25, -0.2) is 4.98 Å². The fourth-order valence-electron chi connectivity index (χ4n) is 2.09. The number of hydrogen-bond donors (Lipinski definition) is 1. The number of hydrogen-bond acceptors (Lipinski definition) is 2. The van der Waals surface area contributed by atoms with E-state index in [1.807, 2.05) is 13.0 Å². The van der Waals surface area contributed by atoms with Crippen LogP contribution in [0.5, 0.6) is 0 Å². The van der Waals surface area contributed by atoms with Gasteiger partial charge in [0.25, 0.3) is 0 Å². The predicted octanol–water partition coefficient (Wildman–Crippen LogP) is 2.58. The van der Waals surface area contributed by atoms with Crippen molar-refractivity contribution in [1.82, 2.24) is 14.9 Å². The second kappa shape index (κ2) is 7.48. The summed E-state index contributed by atoms with van der Waals surface area (Å²) in [7, 11) is 0. The van der Waals surface area contributed by atoms with E-state index in [-0.39, 0.29) is 11.9 Å². The normalized spacial score (nSPS) is 12.1. The highest BCUT2D eigenvalue weighted by molar-refractivity contribution is 5.79. The van der Waals surface area contributed by atoms with Crippen molar-refractivity contribution in [2.24, 2.45) is 0 Å². The molecule has 1 N–H and O–H groups in total. The molecular formula is C16H21N3O. The molecule has 1 unspecified atom stereocenters. The van der Waals surface area contributed by atoms with Gasteiger partial charge >= 0.3 is 0 Å². The number of nitrogens with one attached hydrogen (secondary N) is 1. The van der Waals surface area contributed by atoms with Gasteiger partial charge in [-0.15, -0.1) is 0 Å². The molecule has 1 amide bonds. The van der Waals surface area contributed by atoms with E-state index < -0.39 is 0 Å². The van der Waals surface area contributed by atoms with Gasteiger partial charge in [-0.05, 0) is 31.7 Å². The maximum Gasteiger partial charge on any atom is 0.242 e. The molecule has 1 heterocycles. The molecule has 0 bridgehead atoms. The summed E-state index contributed by atoms with van der Waals surface area (Å²) in [5.74, 6) is 0.0442. The molecule has 4 nitrogen and oxygen atoms in total. The highest BCUT2D eigenvalue weighted by Crippen LogP contribution is 2.06. The van der Waals surface area contributed by atoms with E-state index in [9.17, 15) is 4.79 Å². The first-order valence-corrected chi connectivity index (χ1v) is 7.06. The van der Waals surface area contributed by atoms with Crippen molar-refractivity contribution in [1.29, 1.82) is 0 Å². The second-order valence-corrected chi connectivity index (χ2v) is 4.92. The zero-order valence-corrected chi connectivity index (χ0v) is 11.8. The molecule has 0 fully saturated rings. The fourth-order valence-corrected chi connectivity index (χ4v) is 2.09. The van der Waals surface area contributed by atoms with Gasteiger partial charge in [0, 0.05) is 18.9 Å². The number of imidazole rings is 1. The van der Waals surface area contributed by atoms with E-state index in [2.05, 4.69) is 34.6 Å². The van der Waals surface area contributed by atoms with Crippen LogP contribution in [0.4, 0.5) is 0 Å². The summed E-state index contributed by atoms with van der Waals surface area (Å²) in [5.41, 5.74) is 1.35. The molecule has 0 radical (unpaired) electrons. The molecule has 0 saturated carbocycles. The van der Waals surface area contributed by atoms with Crippen molar-refractivity contribution in [3.63, 3.8) is 0 Å². The minimum absolute atomic E-state index is 0.0442. The largest absolute Gasteiger partial charge is 0.354 e. The average molecular weight is 271 g/mol. The number of aromatic nitrogens is 2. The van der Waals surface area contributed by atoms with Crippen molar-refractivity contribution in [3.05, 3.63) is 54.6 Å². The monoisotopic (exact) mass is 271 g/mol. The van der Waals surface area contributed by atoms with Gasteiger partial charge in [0.05, 0.1) is 6.33 Å². The summed E-state index contributed by atoms with van der Waals surface area (Å²) in [6.07, 6.45) is 8.30. The smallest absolute Gasteiger partial charge is 0.242 e. The zero-order chi connectivity index (χ0) is 14.2. The Bertz CT molecular complexity index is 508. The van der Waals surface area contributed by atoms with Crippen LogP contribution in [-0.4, -0.2) is 22.0 Å². The van der Waals surface area contributed by atoms with E-state index in [0.717, 1.165) is 25.8 Å². The fraction of sp³-hybridized carbons (Fsp3) is 0.375. The van der Waals surface area contributed by atoms with Crippen molar-refractivity contribution in [2.75, 3.05) is 6.54 Å². The van der Waals surface area contributed by atoms with Crippen LogP contribution >= 0.6 is 0 Å². The first-order valence-electron chi connectivity index (χ1n) is 7.06. The van der Waals surface area contributed by atoms with Gasteiger partial charge in [-0.3, -0.25) is 4.79 Å². The molecule has 1 aromatic carbocycles. The van der Waals surface area contributed by atoms with E-state index >= 15 is 0 Å². The number of carbonyl (C=O) groups is 1. The highest BCUT2D eigenvalue weighted by atomic mass is 16.2. The number of unbranched alkanes of at least 4 members (excludes halogenated alkanes) is 1. The molecule has 20 heavy (non-hydrogen) atoms. The summed E-state index contributed by atoms with van der Waals surface area (Å²) in [6.45, 7) is 2.60. The minimum atomic E-state index is -0.202. The average Bonchev–Trinajstić information content (AvgIpc) is 3.01. The predicted molar refractivity (Wildman–Crippen MR) is 79.3 cm³/mol. The lowest BCUT2D eigenvalue weighted by Crippen LogP contribution is -2.31. The molecule has 0 aliphatic heterocycles. The lowest BCUT2D eigenvalue weighted by atomic mass is 10.1. The molecule has 0 aliphatic rings. The molecule has 1 atom stereocenters. The third-order valence-electron chi connectivity index (χ3n) is 3.39. The van der Waals surface area contributed by atoms with Gasteiger partial charge in [0.2, 0.25) is 5.91 Å². The van der Waals surface area contributed by atoms with Crippen molar-refractivity contribution < 1.29 is 4.79 Å². The van der Waals surface area contributed by atoms with E-state index in [1.165, 1.54) is 5.56 Å². The number of amides is 1. The Morgan fingerprint density at radius 1 is 1.30 bits per heavy atom. The van der Waals surface area contributed by atoms with Gasteiger partial charge in [-0.1, -0.05) is 30.3 Å². The van der Waals surface area contributed by atoms with Gasteiger partial charge in [0.15, 0.2) is 0 Å². The highest BCUT2D eigenvalue weighted by Gasteiger charge is 2.12. The molecular weight excluding hydrogens is 250 g/mol. The Morgan fingerprint density at radius 2 is 2.10 bits per heavy atom. The summed E-state index contributed by atoms with van der Waals surface area (Å²) in [4.78, 5) is 15.9. The SMILES string of the molecule is CC(C(=O)NCCCCc1ccccc1)n1ccnc1. The summed E-state index contributed by atoms with van der Waals surface area (Å²) >= 11 is 0. The van der Waals surface area contributed by atoms with Crippen LogP contribution in [0.1, 0.15) is 31.4 Å². The second-order valence-electron chi connectivity index (χ2n) is 4.92. The number of aryl methyl sites for hydroxylation is 1. The summed E-state index contributed by atoms with van der Waals surface area (Å²) in [5, 5.41) is 2.97. The zero-order valence-electron chi connectivity index (χ0n) is 11.8. The first kappa shape index (κ1) is 14.3. The van der Waals surface area contributed by atoms with Gasteiger partial charge in [0.1, 0.15) is 6.04 Å². The maximum absolute atomic E-state index is 11.9. The van der Waals surface area contributed by atoms with Crippen LogP contribution in [0.25, 0.3) is 0 Å². The standard InChI is InChI=1S/C16H21N3O/c1-14(19-12-11-17-13-19)16(20)18-10-6-5-9-15-7-3-2-4-8-15/h2-4,7-8,11-14H,5-6,9-10H2,1H3,(H,18,20). The van der Waals surface area contributed by atoms with E-state index in [1.54, 1.807) is 23.3 Å². The lowest BCUT2D eigenvalue weighted by molar-refractivity contribution is -0.123. The van der Waals surface area contributed by atoms with Gasteiger partial charge in [-0.2, -0.15) is 0 Å². The van der Waals surface area contributed by atoms with Crippen molar-refractivity contribution >= 4 is 5.91 Å². The molecule has 0 spiro atoms. The third-order valence-corrected chi connectivity index (χ3v) is 3.39. The topological polar surface area (TPSA) is 46.9 Å². The van der Waals surface area contributed by atoms with Crippen molar-refractivity contribution in [3.8, 4) is 0 Å². The van der Waals surface area contributed by atoms with E-state index in [0.29, 0.717) is 0 Å². The first-order chi connectivity index (χ1) is 9.77. The Labute approximate surface area is 119 Å². The summed E-state index contributed by atoms with van der Waals surface area (Å²) in [6, 6.07) is 10.2. The number of benzene rings is 1. The quantitative estimate of drug-likeness (QED) is 0.787. The maximum atomic E-state index is 11.9. The Hall–Kier alpha value is -2.10. The Morgan fingerprint density at radius 3 is 2.80 bits per heavy atom. The van der Waals surface area contributed by atoms with Crippen LogP contribution in [0.2, 0.25) is 0 Å². The molecule has 2 aromatic rings. The van der Waals surface area contributed by atoms with Crippen molar-refractivity contribution in [2.45, 2.75) is 32.2 Å². The van der Waals surface area contributed by atoms with Crippen LogP contribution in [0.3, 0.4) is 0 Å². The van der Waals surface area contributed by atoms with Crippen LogP contribution in [0, 0.1) is 0 Å². The molecule has 1 aromatic heterocycles. The molecule has 106 valence electrons. The van der Waals surface area contributed by atoms with E-state index in [4.69, 9.17) is 0 Å². The molecule has 4 heteroatoms. The lowest BCUT2D eigenvalue weighted by Gasteiger charge is -2.13. The molecule has 2 rings (SSSR count). The third kappa shape index (κ3) is 4.23. The molecule has 0 saturated heterocycles. The van der Waals surface area contributed by atoms with Crippen LogP contribution < -0.4 is 5.32 Å². The summed E-state index contributed by atoms with van der Waals surface area (Å²) < 4.78 is 1.80.